The van der Waals surface area contributed by atoms with Crippen LogP contribution in [0.15, 0.2) is 47.3 Å². The highest BCUT2D eigenvalue weighted by molar-refractivity contribution is 6.35. The van der Waals surface area contributed by atoms with Gasteiger partial charge in [-0.3, -0.25) is 14.7 Å². The third-order valence-corrected chi connectivity index (χ3v) is 4.73. The van der Waals surface area contributed by atoms with Gasteiger partial charge in [-0.15, -0.1) is 0 Å². The van der Waals surface area contributed by atoms with Crippen LogP contribution < -0.4 is 20.3 Å². The van der Waals surface area contributed by atoms with E-state index in [9.17, 15) is 9.59 Å². The highest BCUT2D eigenvalue weighted by atomic mass is 16.5. The molecule has 2 heterocycles. The van der Waals surface area contributed by atoms with Crippen LogP contribution in [0.4, 0.5) is 5.69 Å². The molecule has 0 radical (unpaired) electrons. The van der Waals surface area contributed by atoms with Gasteiger partial charge in [0.1, 0.15) is 0 Å². The van der Waals surface area contributed by atoms with Gasteiger partial charge in [0.15, 0.2) is 11.5 Å². The molecule has 0 saturated carbocycles. The summed E-state index contributed by atoms with van der Waals surface area (Å²) in [6, 6.07) is 12.7. The average molecular weight is 377 g/mol. The summed E-state index contributed by atoms with van der Waals surface area (Å²) in [4.78, 5) is 25.5. The molecule has 1 aliphatic heterocycles. The van der Waals surface area contributed by atoms with E-state index in [2.05, 4.69) is 10.4 Å². The predicted octanol–water partition coefficient (Wildman–Crippen LogP) is 2.98. The number of benzene rings is 2. The molecule has 0 bridgehead atoms. The molecule has 1 aromatic heterocycles. The second kappa shape index (κ2) is 6.77. The maximum absolute atomic E-state index is 12.9. The summed E-state index contributed by atoms with van der Waals surface area (Å²) >= 11 is 0. The molecular formula is C21H19N3O4. The Hall–Kier alpha value is -3.74. The zero-order chi connectivity index (χ0) is 19.8. The summed E-state index contributed by atoms with van der Waals surface area (Å²) < 4.78 is 12.1. The number of amides is 1. The van der Waals surface area contributed by atoms with E-state index < -0.39 is 0 Å². The third kappa shape index (κ3) is 2.77. The number of nitrogens with zero attached hydrogens (tertiary/aromatic N) is 1. The second-order valence-corrected chi connectivity index (χ2v) is 6.39. The predicted molar refractivity (Wildman–Crippen MR) is 107 cm³/mol. The summed E-state index contributed by atoms with van der Waals surface area (Å²) in [7, 11) is 3.07. The number of para-hydroxylation sites is 1. The number of nitrogens with one attached hydrogen (secondary N) is 2. The number of carbonyl (C=O) groups is 1. The summed E-state index contributed by atoms with van der Waals surface area (Å²) in [6.45, 7) is 1.80. The molecule has 0 aliphatic carbocycles. The van der Waals surface area contributed by atoms with Gasteiger partial charge in [-0.2, -0.15) is 0 Å². The Kier molecular flexibility index (Phi) is 4.27. The van der Waals surface area contributed by atoms with Crippen molar-refractivity contribution in [1.29, 1.82) is 0 Å². The molecule has 0 spiro atoms. The largest absolute Gasteiger partial charge is 0.493 e. The standard InChI is InChI=1S/C21H19N3O4/c1-12-14(21(26)24(23-12)13-7-5-4-6-8-13)9-16-15-10-18(27-2)19(28-3)11-17(15)22-20(16)25/h4-11,23H,1-3H3,(H,22,25). The Morgan fingerprint density at radius 2 is 1.68 bits per heavy atom. The van der Waals surface area contributed by atoms with Gasteiger partial charge in [0, 0.05) is 22.9 Å². The van der Waals surface area contributed by atoms with E-state index >= 15 is 0 Å². The van der Waals surface area contributed by atoms with Gasteiger partial charge in [-0.25, -0.2) is 4.68 Å². The van der Waals surface area contributed by atoms with Crippen LogP contribution in [0, 0.1) is 6.92 Å². The van der Waals surface area contributed by atoms with Crippen LogP contribution in [0.1, 0.15) is 16.8 Å². The van der Waals surface area contributed by atoms with Crippen molar-refractivity contribution in [1.82, 2.24) is 9.78 Å². The van der Waals surface area contributed by atoms with Gasteiger partial charge in [-0.05, 0) is 31.2 Å². The van der Waals surface area contributed by atoms with Crippen molar-refractivity contribution in [2.45, 2.75) is 6.92 Å². The molecule has 7 nitrogen and oxygen atoms in total. The lowest BCUT2D eigenvalue weighted by atomic mass is 10.0. The van der Waals surface area contributed by atoms with Crippen LogP contribution in [0.3, 0.4) is 0 Å². The minimum atomic E-state index is -0.281. The minimum absolute atomic E-state index is 0.224. The number of methoxy groups -OCH3 is 2. The number of anilines is 1. The lowest BCUT2D eigenvalue weighted by Gasteiger charge is -2.09. The number of carbonyl (C=O) groups excluding carboxylic acids is 1. The van der Waals surface area contributed by atoms with Crippen molar-refractivity contribution in [3.8, 4) is 17.2 Å². The van der Waals surface area contributed by atoms with Crippen molar-refractivity contribution >= 4 is 23.2 Å². The molecule has 0 fully saturated rings. The zero-order valence-corrected chi connectivity index (χ0v) is 15.7. The van der Waals surface area contributed by atoms with Crippen LogP contribution in [-0.4, -0.2) is 29.9 Å². The van der Waals surface area contributed by atoms with E-state index in [1.807, 2.05) is 30.3 Å². The zero-order valence-electron chi connectivity index (χ0n) is 15.7. The number of aryl methyl sites for hydroxylation is 1. The van der Waals surface area contributed by atoms with Crippen molar-refractivity contribution in [2.24, 2.45) is 0 Å². The Labute approximate surface area is 161 Å². The normalized spacial score (nSPS) is 14.1. The maximum Gasteiger partial charge on any atom is 0.278 e. The topological polar surface area (TPSA) is 85.3 Å². The molecule has 142 valence electrons. The number of hydrogen-bond donors (Lipinski definition) is 2. The summed E-state index contributed by atoms with van der Waals surface area (Å²) in [5.41, 5.74) is 3.27. The molecule has 2 N–H and O–H groups in total. The molecule has 0 saturated heterocycles. The number of aromatic amines is 1. The molecule has 2 aromatic carbocycles. The molecule has 0 atom stereocenters. The molecule has 1 amide bonds. The van der Waals surface area contributed by atoms with E-state index in [-0.39, 0.29) is 11.5 Å². The smallest absolute Gasteiger partial charge is 0.278 e. The molecule has 1 aliphatic rings. The van der Waals surface area contributed by atoms with Crippen molar-refractivity contribution in [3.05, 3.63) is 69.6 Å². The molecular weight excluding hydrogens is 358 g/mol. The first-order valence-corrected chi connectivity index (χ1v) is 8.70. The average Bonchev–Trinajstić information content (AvgIpc) is 3.17. The highest BCUT2D eigenvalue weighted by Crippen LogP contribution is 2.41. The van der Waals surface area contributed by atoms with Gasteiger partial charge in [-0.1, -0.05) is 18.2 Å². The van der Waals surface area contributed by atoms with Crippen LogP contribution >= 0.6 is 0 Å². The number of ether oxygens (including phenoxy) is 2. The fraction of sp³-hybridized carbons (Fsp3) is 0.143. The lowest BCUT2D eigenvalue weighted by Crippen LogP contribution is -2.16. The summed E-state index contributed by atoms with van der Waals surface area (Å²) in [6.07, 6.45) is 1.61. The Bertz CT molecular complexity index is 1160. The summed E-state index contributed by atoms with van der Waals surface area (Å²) in [5.74, 6) is 0.750. The monoisotopic (exact) mass is 377 g/mol. The first-order valence-electron chi connectivity index (χ1n) is 8.70. The lowest BCUT2D eigenvalue weighted by molar-refractivity contribution is -0.110. The van der Waals surface area contributed by atoms with Crippen molar-refractivity contribution < 1.29 is 14.3 Å². The first kappa shape index (κ1) is 17.7. The number of rotatable bonds is 4. The van der Waals surface area contributed by atoms with Crippen molar-refractivity contribution in [2.75, 3.05) is 19.5 Å². The minimum Gasteiger partial charge on any atom is -0.493 e. The summed E-state index contributed by atoms with van der Waals surface area (Å²) in [5, 5.41) is 5.88. The van der Waals surface area contributed by atoms with Gasteiger partial charge in [0.05, 0.1) is 31.2 Å². The molecule has 3 aromatic rings. The molecule has 4 rings (SSSR count). The molecule has 28 heavy (non-hydrogen) atoms. The number of aromatic nitrogens is 2. The number of H-pyrrole nitrogens is 1. The number of fused-ring (bicyclic) bond motifs is 1. The van der Waals surface area contributed by atoms with Crippen molar-refractivity contribution in [3.63, 3.8) is 0 Å². The fourth-order valence-electron chi connectivity index (χ4n) is 3.29. The Balaban J connectivity index is 1.85. The van der Waals surface area contributed by atoms with E-state index in [0.717, 1.165) is 5.69 Å². The van der Waals surface area contributed by atoms with Gasteiger partial charge < -0.3 is 14.8 Å². The van der Waals surface area contributed by atoms with E-state index in [1.54, 1.807) is 25.1 Å². The molecule has 0 unspecified atom stereocenters. The molecule has 7 heteroatoms. The third-order valence-electron chi connectivity index (χ3n) is 4.73. The second-order valence-electron chi connectivity index (χ2n) is 6.39. The quantitative estimate of drug-likeness (QED) is 0.685. The van der Waals surface area contributed by atoms with E-state index in [1.165, 1.54) is 18.9 Å². The van der Waals surface area contributed by atoms with E-state index in [0.29, 0.717) is 39.6 Å². The maximum atomic E-state index is 12.9. The van der Waals surface area contributed by atoms with Gasteiger partial charge >= 0.3 is 0 Å². The SMILES string of the molecule is COc1cc2c(cc1OC)C(=Cc1c(C)[nH]n(-c3ccccc3)c1=O)C(=O)N2. The number of hydrogen-bond acceptors (Lipinski definition) is 4. The van der Waals surface area contributed by atoms with Gasteiger partial charge in [0.25, 0.3) is 11.5 Å². The van der Waals surface area contributed by atoms with E-state index in [4.69, 9.17) is 9.47 Å². The van der Waals surface area contributed by atoms with Crippen LogP contribution in [0.25, 0.3) is 17.3 Å². The van der Waals surface area contributed by atoms with Crippen LogP contribution in [0.2, 0.25) is 0 Å². The van der Waals surface area contributed by atoms with Crippen LogP contribution in [-0.2, 0) is 4.79 Å². The van der Waals surface area contributed by atoms with Gasteiger partial charge in [0.2, 0.25) is 0 Å². The Morgan fingerprint density at radius 3 is 2.36 bits per heavy atom. The Morgan fingerprint density at radius 1 is 1.00 bits per heavy atom. The van der Waals surface area contributed by atoms with Crippen LogP contribution in [0.5, 0.6) is 11.5 Å². The highest BCUT2D eigenvalue weighted by Gasteiger charge is 2.27. The first-order chi connectivity index (χ1) is 13.5. The fourth-order valence-corrected chi connectivity index (χ4v) is 3.29.